The minimum atomic E-state index is -0.424. The van der Waals surface area contributed by atoms with Crippen LogP contribution < -0.4 is 10.1 Å². The van der Waals surface area contributed by atoms with E-state index >= 15 is 0 Å². The lowest BCUT2D eigenvalue weighted by molar-refractivity contribution is -0.141. The summed E-state index contributed by atoms with van der Waals surface area (Å²) in [5, 5.41) is 3.37. The lowest BCUT2D eigenvalue weighted by Gasteiger charge is -2.41. The van der Waals surface area contributed by atoms with Crippen molar-refractivity contribution in [3.8, 4) is 5.75 Å². The summed E-state index contributed by atoms with van der Waals surface area (Å²) in [5.41, 5.74) is 4.82. The average Bonchev–Trinajstić information content (AvgIpc) is 2.76. The highest BCUT2D eigenvalue weighted by Crippen LogP contribution is 2.47. The van der Waals surface area contributed by atoms with Crippen LogP contribution in [0, 0.1) is 18.3 Å². The second kappa shape index (κ2) is 8.89. The lowest BCUT2D eigenvalue weighted by Crippen LogP contribution is -2.43. The van der Waals surface area contributed by atoms with Crippen molar-refractivity contribution in [3.05, 3.63) is 88.3 Å². The van der Waals surface area contributed by atoms with Crippen molar-refractivity contribution in [1.29, 1.82) is 0 Å². The average molecular weight is 446 g/mol. The van der Waals surface area contributed by atoms with E-state index in [1.165, 1.54) is 0 Å². The summed E-state index contributed by atoms with van der Waals surface area (Å²) in [7, 11) is 1.61. The molecule has 33 heavy (non-hydrogen) atoms. The molecule has 1 heterocycles. The van der Waals surface area contributed by atoms with E-state index in [2.05, 4.69) is 31.3 Å². The van der Waals surface area contributed by atoms with Crippen molar-refractivity contribution in [2.45, 2.75) is 46.6 Å². The third-order valence-electron chi connectivity index (χ3n) is 6.39. The van der Waals surface area contributed by atoms with Crippen molar-refractivity contribution in [3.63, 3.8) is 0 Å². The summed E-state index contributed by atoms with van der Waals surface area (Å²) in [6.45, 7) is 8.18. The van der Waals surface area contributed by atoms with Gasteiger partial charge >= 0.3 is 5.97 Å². The standard InChI is InChI=1S/C28H31NO4/c1-17-7-6-8-20(13-17)25-24(27(31)33-16-19-9-11-21(32-5)12-10-19)18(2)29-22-14-28(3,4)15-23(30)26(22)25/h6-14,25-26,29H,15-16H2,1-5H3. The number of benzene rings is 2. The zero-order chi connectivity index (χ0) is 23.8. The molecule has 1 aliphatic carbocycles. The Morgan fingerprint density at radius 2 is 1.82 bits per heavy atom. The number of carbonyl (C=O) groups excluding carboxylic acids is 2. The van der Waals surface area contributed by atoms with Crippen LogP contribution in [0.25, 0.3) is 0 Å². The molecule has 2 atom stereocenters. The number of ketones is 1. The summed E-state index contributed by atoms with van der Waals surface area (Å²) in [5.74, 6) is -0.322. The Bertz CT molecular complexity index is 1140. The number of hydrogen-bond donors (Lipinski definition) is 1. The van der Waals surface area contributed by atoms with Gasteiger partial charge in [-0.1, -0.05) is 61.9 Å². The van der Waals surface area contributed by atoms with Gasteiger partial charge < -0.3 is 14.8 Å². The van der Waals surface area contributed by atoms with Gasteiger partial charge in [0.1, 0.15) is 18.1 Å². The van der Waals surface area contributed by atoms with E-state index in [0.717, 1.165) is 33.8 Å². The third kappa shape index (κ3) is 4.72. The van der Waals surface area contributed by atoms with E-state index in [1.807, 2.05) is 56.3 Å². The van der Waals surface area contributed by atoms with E-state index in [1.54, 1.807) is 7.11 Å². The number of ether oxygens (including phenoxy) is 2. The molecule has 5 nitrogen and oxygen atoms in total. The van der Waals surface area contributed by atoms with Crippen LogP contribution >= 0.6 is 0 Å². The van der Waals surface area contributed by atoms with E-state index in [-0.39, 0.29) is 23.7 Å². The Morgan fingerprint density at radius 1 is 1.09 bits per heavy atom. The molecule has 0 saturated carbocycles. The number of allylic oxidation sites excluding steroid dienone is 3. The molecule has 0 saturated heterocycles. The molecule has 2 aromatic rings. The zero-order valence-electron chi connectivity index (χ0n) is 19.9. The molecule has 4 rings (SSSR count). The molecule has 0 radical (unpaired) electrons. The van der Waals surface area contributed by atoms with Crippen LogP contribution in [0.15, 0.2) is 71.6 Å². The topological polar surface area (TPSA) is 64.6 Å². The first kappa shape index (κ1) is 22.8. The van der Waals surface area contributed by atoms with Gasteiger partial charge in [-0.05, 0) is 42.5 Å². The third-order valence-corrected chi connectivity index (χ3v) is 6.39. The number of fused-ring (bicyclic) bond motifs is 1. The molecule has 0 spiro atoms. The highest BCUT2D eigenvalue weighted by Gasteiger charge is 2.46. The number of aryl methyl sites for hydroxylation is 1. The zero-order valence-corrected chi connectivity index (χ0v) is 19.9. The first-order valence-electron chi connectivity index (χ1n) is 11.3. The number of nitrogens with one attached hydrogen (secondary N) is 1. The van der Waals surface area contributed by atoms with Gasteiger partial charge in [-0.2, -0.15) is 0 Å². The van der Waals surface area contributed by atoms with Crippen LogP contribution in [0.3, 0.4) is 0 Å². The minimum Gasteiger partial charge on any atom is -0.497 e. The van der Waals surface area contributed by atoms with Crippen LogP contribution in [-0.4, -0.2) is 18.9 Å². The lowest BCUT2D eigenvalue weighted by atomic mass is 9.66. The molecule has 172 valence electrons. The Balaban J connectivity index is 1.70. The van der Waals surface area contributed by atoms with Gasteiger partial charge in [0.15, 0.2) is 0 Å². The summed E-state index contributed by atoms with van der Waals surface area (Å²) in [6.07, 6.45) is 2.59. The van der Waals surface area contributed by atoms with Gasteiger partial charge in [-0.15, -0.1) is 0 Å². The van der Waals surface area contributed by atoms with Gasteiger partial charge in [0.2, 0.25) is 0 Å². The Kier molecular flexibility index (Phi) is 6.15. The summed E-state index contributed by atoms with van der Waals surface area (Å²) in [4.78, 5) is 26.8. The number of methoxy groups -OCH3 is 1. The van der Waals surface area contributed by atoms with Gasteiger partial charge in [-0.3, -0.25) is 4.79 Å². The molecular weight excluding hydrogens is 414 g/mol. The molecule has 2 aromatic carbocycles. The molecule has 0 aromatic heterocycles. The van der Waals surface area contributed by atoms with Crippen LogP contribution in [0.5, 0.6) is 5.75 Å². The van der Waals surface area contributed by atoms with Crippen LogP contribution in [0.4, 0.5) is 0 Å². The Morgan fingerprint density at radius 3 is 2.48 bits per heavy atom. The predicted molar refractivity (Wildman–Crippen MR) is 128 cm³/mol. The maximum absolute atomic E-state index is 13.4. The highest BCUT2D eigenvalue weighted by molar-refractivity contribution is 5.96. The molecule has 2 unspecified atom stereocenters. The second-order valence-electron chi connectivity index (χ2n) is 9.69. The van der Waals surface area contributed by atoms with Crippen molar-refractivity contribution < 1.29 is 19.1 Å². The largest absolute Gasteiger partial charge is 0.497 e. The number of esters is 1. The van der Waals surface area contributed by atoms with Crippen molar-refractivity contribution in [1.82, 2.24) is 5.32 Å². The maximum Gasteiger partial charge on any atom is 0.336 e. The predicted octanol–water partition coefficient (Wildman–Crippen LogP) is 5.21. The smallest absolute Gasteiger partial charge is 0.336 e. The molecule has 0 amide bonds. The van der Waals surface area contributed by atoms with E-state index in [9.17, 15) is 9.59 Å². The quantitative estimate of drug-likeness (QED) is 0.641. The molecule has 5 heteroatoms. The molecule has 1 aliphatic heterocycles. The minimum absolute atomic E-state index is 0.143. The first-order valence-corrected chi connectivity index (χ1v) is 11.3. The van der Waals surface area contributed by atoms with Crippen LogP contribution in [0.2, 0.25) is 0 Å². The normalized spacial score (nSPS) is 21.6. The van der Waals surface area contributed by atoms with Crippen molar-refractivity contribution >= 4 is 11.8 Å². The van der Waals surface area contributed by atoms with E-state index in [4.69, 9.17) is 9.47 Å². The summed E-state index contributed by atoms with van der Waals surface area (Å²) >= 11 is 0. The SMILES string of the molecule is COc1ccc(COC(=O)C2=C(C)NC3=CC(C)(C)CC(=O)C3C2c2cccc(C)c2)cc1. The molecule has 1 N–H and O–H groups in total. The number of Topliss-reactive ketones (excluding diaryl/α,β-unsaturated/α-hetero) is 1. The van der Waals surface area contributed by atoms with Crippen molar-refractivity contribution in [2.75, 3.05) is 7.11 Å². The maximum atomic E-state index is 13.4. The van der Waals surface area contributed by atoms with Crippen LogP contribution in [-0.2, 0) is 20.9 Å². The Hall–Kier alpha value is -3.34. The Labute approximate surface area is 195 Å². The monoisotopic (exact) mass is 445 g/mol. The van der Waals surface area contributed by atoms with Crippen LogP contribution in [0.1, 0.15) is 49.8 Å². The van der Waals surface area contributed by atoms with Gasteiger partial charge in [0, 0.05) is 23.7 Å². The van der Waals surface area contributed by atoms with E-state index in [0.29, 0.717) is 12.0 Å². The number of carbonyl (C=O) groups is 2. The fourth-order valence-corrected chi connectivity index (χ4v) is 4.91. The fourth-order valence-electron chi connectivity index (χ4n) is 4.91. The number of rotatable bonds is 5. The highest BCUT2D eigenvalue weighted by atomic mass is 16.5. The van der Waals surface area contributed by atoms with Gasteiger partial charge in [-0.25, -0.2) is 4.79 Å². The first-order chi connectivity index (χ1) is 15.7. The second-order valence-corrected chi connectivity index (χ2v) is 9.69. The molecule has 2 aliphatic rings. The summed E-state index contributed by atoms with van der Waals surface area (Å²) in [6, 6.07) is 15.5. The summed E-state index contributed by atoms with van der Waals surface area (Å²) < 4.78 is 10.9. The number of hydrogen-bond acceptors (Lipinski definition) is 5. The molecule has 0 bridgehead atoms. The van der Waals surface area contributed by atoms with Gasteiger partial charge in [0.25, 0.3) is 0 Å². The molecular formula is C28H31NO4. The fraction of sp³-hybridized carbons (Fsp3) is 0.357. The molecule has 0 fully saturated rings. The van der Waals surface area contributed by atoms with Gasteiger partial charge in [0.05, 0.1) is 18.6 Å². The van der Waals surface area contributed by atoms with Crippen molar-refractivity contribution in [2.24, 2.45) is 11.3 Å². The van der Waals surface area contributed by atoms with E-state index < -0.39 is 11.9 Å².